The summed E-state index contributed by atoms with van der Waals surface area (Å²) in [6, 6.07) is 19.8. The van der Waals surface area contributed by atoms with Crippen LogP contribution in [0.15, 0.2) is 76.7 Å². The number of aryl methyl sites for hydroxylation is 2. The van der Waals surface area contributed by atoms with E-state index < -0.39 is 10.1 Å². The number of thiocarbonyl (C=S) groups is 1. The van der Waals surface area contributed by atoms with Crippen molar-refractivity contribution in [3.05, 3.63) is 89.0 Å². The van der Waals surface area contributed by atoms with Crippen LogP contribution in [0.2, 0.25) is 0 Å². The first-order valence-electron chi connectivity index (χ1n) is 10.1. The second-order valence-corrected chi connectivity index (χ2v) is 9.18. The van der Waals surface area contributed by atoms with E-state index in [0.717, 1.165) is 11.1 Å². The van der Waals surface area contributed by atoms with E-state index in [2.05, 4.69) is 15.8 Å². The van der Waals surface area contributed by atoms with Gasteiger partial charge in [-0.1, -0.05) is 42.5 Å². The average molecular weight is 484 g/mol. The van der Waals surface area contributed by atoms with E-state index in [-0.39, 0.29) is 16.4 Å². The Hall–Kier alpha value is -3.43. The highest BCUT2D eigenvalue weighted by Crippen LogP contribution is 2.31. The van der Waals surface area contributed by atoms with E-state index in [1.165, 1.54) is 13.2 Å². The summed E-state index contributed by atoms with van der Waals surface area (Å²) < 4.78 is 36.3. The largest absolute Gasteiger partial charge is 0.493 e. The van der Waals surface area contributed by atoms with Crippen molar-refractivity contribution in [2.24, 2.45) is 5.10 Å². The molecule has 0 spiro atoms. The molecule has 0 heterocycles. The molecule has 0 saturated heterocycles. The van der Waals surface area contributed by atoms with Crippen molar-refractivity contribution in [3.8, 4) is 11.5 Å². The van der Waals surface area contributed by atoms with Crippen LogP contribution in [0.25, 0.3) is 0 Å². The molecule has 3 aromatic rings. The Labute approximate surface area is 199 Å². The van der Waals surface area contributed by atoms with Crippen molar-refractivity contribution in [2.45, 2.75) is 25.3 Å². The Morgan fingerprint density at radius 3 is 2.52 bits per heavy atom. The lowest BCUT2D eigenvalue weighted by Crippen LogP contribution is -2.31. The smallest absolute Gasteiger partial charge is 0.339 e. The first kappa shape index (κ1) is 24.2. The first-order chi connectivity index (χ1) is 15.8. The fraction of sp³-hybridized carbons (Fsp3) is 0.167. The molecule has 0 atom stereocenters. The van der Waals surface area contributed by atoms with E-state index in [1.807, 2.05) is 43.3 Å². The highest BCUT2D eigenvalue weighted by atomic mass is 32.2. The lowest BCUT2D eigenvalue weighted by Gasteiger charge is -2.13. The molecule has 7 nitrogen and oxygen atoms in total. The zero-order valence-electron chi connectivity index (χ0n) is 18.5. The third-order valence-electron chi connectivity index (χ3n) is 4.68. The summed E-state index contributed by atoms with van der Waals surface area (Å²) >= 11 is 5.22. The van der Waals surface area contributed by atoms with Crippen LogP contribution in [0.5, 0.6) is 11.5 Å². The van der Waals surface area contributed by atoms with E-state index in [0.29, 0.717) is 22.8 Å². The summed E-state index contributed by atoms with van der Waals surface area (Å²) in [7, 11) is -2.58. The maximum absolute atomic E-state index is 12.8. The molecule has 2 N–H and O–H groups in total. The van der Waals surface area contributed by atoms with Crippen molar-refractivity contribution in [1.82, 2.24) is 10.7 Å². The highest BCUT2D eigenvalue weighted by Gasteiger charge is 2.21. The van der Waals surface area contributed by atoms with Gasteiger partial charge in [-0.2, -0.15) is 13.5 Å². The van der Waals surface area contributed by atoms with Gasteiger partial charge in [0.2, 0.25) is 0 Å². The Balaban J connectivity index is 1.65. The summed E-state index contributed by atoms with van der Waals surface area (Å²) in [5, 5.41) is 7.55. The van der Waals surface area contributed by atoms with E-state index >= 15 is 0 Å². The summed E-state index contributed by atoms with van der Waals surface area (Å²) in [4.78, 5) is 0.121. The van der Waals surface area contributed by atoms with Crippen LogP contribution >= 0.6 is 12.2 Å². The molecule has 172 valence electrons. The third kappa shape index (κ3) is 6.77. The quantitative estimate of drug-likeness (QED) is 0.216. The second-order valence-electron chi connectivity index (χ2n) is 7.25. The Morgan fingerprint density at radius 2 is 1.79 bits per heavy atom. The van der Waals surface area contributed by atoms with Gasteiger partial charge in [0.25, 0.3) is 0 Å². The molecule has 0 aromatic heterocycles. The first-order valence-corrected chi connectivity index (χ1v) is 11.9. The minimum absolute atomic E-state index is 0.0866. The summed E-state index contributed by atoms with van der Waals surface area (Å²) in [6.07, 6.45) is 1.54. The van der Waals surface area contributed by atoms with Crippen molar-refractivity contribution in [1.29, 1.82) is 0 Å². The fourth-order valence-corrected chi connectivity index (χ4v) is 4.34. The lowest BCUT2D eigenvalue weighted by atomic mass is 10.2. The molecule has 3 rings (SSSR count). The SMILES string of the molecule is COc1cc(C=NNC(=S)NCc2ccccc2)ccc1OS(=O)(=O)c1cc(C)ccc1C. The van der Waals surface area contributed by atoms with Crippen LogP contribution in [0.3, 0.4) is 0 Å². The monoisotopic (exact) mass is 483 g/mol. The van der Waals surface area contributed by atoms with Gasteiger partial charge in [0.1, 0.15) is 4.90 Å². The molecular weight excluding hydrogens is 458 g/mol. The second kappa shape index (κ2) is 10.9. The maximum Gasteiger partial charge on any atom is 0.339 e. The molecule has 0 unspecified atom stereocenters. The lowest BCUT2D eigenvalue weighted by molar-refractivity contribution is 0.390. The molecule has 0 amide bonds. The molecule has 3 aromatic carbocycles. The van der Waals surface area contributed by atoms with E-state index in [1.54, 1.807) is 37.4 Å². The minimum Gasteiger partial charge on any atom is -0.493 e. The van der Waals surface area contributed by atoms with Crippen molar-refractivity contribution < 1.29 is 17.3 Å². The Bertz CT molecular complexity index is 1260. The van der Waals surface area contributed by atoms with Crippen LogP contribution in [0.1, 0.15) is 22.3 Å². The third-order valence-corrected chi connectivity index (χ3v) is 6.29. The molecule has 0 bridgehead atoms. The van der Waals surface area contributed by atoms with E-state index in [4.69, 9.17) is 21.1 Å². The maximum atomic E-state index is 12.8. The molecular formula is C24H25N3O4S2. The predicted octanol–water partition coefficient (Wildman–Crippen LogP) is 4.08. The number of rotatable bonds is 8. The number of hydrogen-bond acceptors (Lipinski definition) is 6. The molecule has 0 aliphatic rings. The van der Waals surface area contributed by atoms with Crippen LogP contribution in [-0.2, 0) is 16.7 Å². The molecule has 0 fully saturated rings. The zero-order valence-corrected chi connectivity index (χ0v) is 20.2. The van der Waals surface area contributed by atoms with Gasteiger partial charge in [-0.25, -0.2) is 0 Å². The van der Waals surface area contributed by atoms with Crippen LogP contribution in [0.4, 0.5) is 0 Å². The number of benzene rings is 3. The van der Waals surface area contributed by atoms with Gasteiger partial charge in [0.15, 0.2) is 16.6 Å². The molecule has 0 saturated carbocycles. The number of hydrogen-bond donors (Lipinski definition) is 2. The Morgan fingerprint density at radius 1 is 1.03 bits per heavy atom. The van der Waals surface area contributed by atoms with Gasteiger partial charge in [-0.15, -0.1) is 0 Å². The highest BCUT2D eigenvalue weighted by molar-refractivity contribution is 7.87. The van der Waals surface area contributed by atoms with Gasteiger partial charge in [-0.3, -0.25) is 5.43 Å². The van der Waals surface area contributed by atoms with Crippen molar-refractivity contribution in [3.63, 3.8) is 0 Å². The van der Waals surface area contributed by atoms with Gasteiger partial charge in [0.05, 0.1) is 13.3 Å². The van der Waals surface area contributed by atoms with Gasteiger partial charge >= 0.3 is 10.1 Å². The number of ether oxygens (including phenoxy) is 1. The number of nitrogens with zero attached hydrogens (tertiary/aromatic N) is 1. The molecule has 9 heteroatoms. The van der Waals surface area contributed by atoms with Gasteiger partial charge < -0.3 is 14.2 Å². The van der Waals surface area contributed by atoms with Crippen LogP contribution in [0, 0.1) is 13.8 Å². The topological polar surface area (TPSA) is 89.0 Å². The van der Waals surface area contributed by atoms with Gasteiger partial charge in [-0.05, 0) is 72.6 Å². The summed E-state index contributed by atoms with van der Waals surface area (Å²) in [5.74, 6) is 0.348. The predicted molar refractivity (Wildman–Crippen MR) is 133 cm³/mol. The standard InChI is InChI=1S/C24H25N3O4S2/c1-17-9-10-18(2)23(13-17)33(28,29)31-21-12-11-20(14-22(21)30-3)16-26-27-24(32)25-15-19-7-5-4-6-8-19/h4-14,16H,15H2,1-3H3,(H2,25,27,32). The molecule has 0 radical (unpaired) electrons. The van der Waals surface area contributed by atoms with E-state index in [9.17, 15) is 8.42 Å². The normalized spacial score (nSPS) is 11.2. The zero-order chi connectivity index (χ0) is 23.8. The fourth-order valence-electron chi connectivity index (χ4n) is 2.96. The molecule has 0 aliphatic heterocycles. The molecule has 0 aliphatic carbocycles. The van der Waals surface area contributed by atoms with Gasteiger partial charge in [0, 0.05) is 6.54 Å². The number of methoxy groups -OCH3 is 1. The molecule has 33 heavy (non-hydrogen) atoms. The van der Waals surface area contributed by atoms with Crippen LogP contribution < -0.4 is 19.7 Å². The van der Waals surface area contributed by atoms with Crippen molar-refractivity contribution in [2.75, 3.05) is 7.11 Å². The minimum atomic E-state index is -4.02. The summed E-state index contributed by atoms with van der Waals surface area (Å²) in [5.41, 5.74) is 5.94. The number of hydrazone groups is 1. The average Bonchev–Trinajstić information content (AvgIpc) is 2.80. The summed E-state index contributed by atoms with van der Waals surface area (Å²) in [6.45, 7) is 4.12. The van der Waals surface area contributed by atoms with Crippen molar-refractivity contribution >= 4 is 33.7 Å². The Kier molecular flexibility index (Phi) is 8.02. The number of nitrogens with one attached hydrogen (secondary N) is 2. The van der Waals surface area contributed by atoms with Crippen LogP contribution in [-0.4, -0.2) is 26.9 Å².